The van der Waals surface area contributed by atoms with Gasteiger partial charge in [-0.25, -0.2) is 4.79 Å². The lowest BCUT2D eigenvalue weighted by atomic mass is 10.1. The van der Waals surface area contributed by atoms with Crippen molar-refractivity contribution in [2.75, 3.05) is 26.0 Å². The lowest BCUT2D eigenvalue weighted by Gasteiger charge is -2.19. The van der Waals surface area contributed by atoms with Crippen LogP contribution in [0.4, 0.5) is 5.69 Å². The Labute approximate surface area is 109 Å². The number of carboxylic acids is 1. The number of carbonyl (C=O) groups is 1. The molecule has 2 N–H and O–H groups in total. The predicted molar refractivity (Wildman–Crippen MR) is 74.4 cm³/mol. The molecule has 0 aliphatic heterocycles. The number of aromatic carboxylic acids is 1. The van der Waals surface area contributed by atoms with Crippen LogP contribution in [0.5, 0.6) is 0 Å². The molecule has 0 saturated heterocycles. The fraction of sp³-hybridized carbons (Fsp3) is 0.500. The van der Waals surface area contributed by atoms with Gasteiger partial charge in [0.25, 0.3) is 0 Å². The van der Waals surface area contributed by atoms with Gasteiger partial charge in [0.15, 0.2) is 0 Å². The number of carboxylic acid groups (broad SMARTS) is 1. The minimum absolute atomic E-state index is 0.332. The fourth-order valence-electron chi connectivity index (χ4n) is 1.75. The summed E-state index contributed by atoms with van der Waals surface area (Å²) in [5, 5.41) is 12.3. The standard InChI is InChI=1S/C14H22N2O2/c1-10-9-12(14(17)18)5-6-13(10)15-11(2)7-8-16(3)4/h5-6,9,11,15H,7-8H2,1-4H3,(H,17,18). The molecule has 0 amide bonds. The van der Waals surface area contributed by atoms with Gasteiger partial charge in [0.2, 0.25) is 0 Å². The molecule has 1 aromatic rings. The molecule has 100 valence electrons. The normalized spacial score (nSPS) is 12.5. The number of anilines is 1. The summed E-state index contributed by atoms with van der Waals surface area (Å²) in [6.07, 6.45) is 1.05. The van der Waals surface area contributed by atoms with Crippen LogP contribution in [0.15, 0.2) is 18.2 Å². The van der Waals surface area contributed by atoms with Crippen LogP contribution >= 0.6 is 0 Å². The maximum atomic E-state index is 10.8. The number of aryl methyl sites for hydroxylation is 1. The van der Waals surface area contributed by atoms with E-state index in [9.17, 15) is 4.79 Å². The van der Waals surface area contributed by atoms with E-state index in [-0.39, 0.29) is 0 Å². The van der Waals surface area contributed by atoms with Crippen LogP contribution in [0.1, 0.15) is 29.3 Å². The zero-order chi connectivity index (χ0) is 13.7. The van der Waals surface area contributed by atoms with Crippen molar-refractivity contribution in [3.63, 3.8) is 0 Å². The van der Waals surface area contributed by atoms with E-state index in [1.807, 2.05) is 13.0 Å². The third-order valence-electron chi connectivity index (χ3n) is 2.88. The highest BCUT2D eigenvalue weighted by Crippen LogP contribution is 2.18. The summed E-state index contributed by atoms with van der Waals surface area (Å²) in [5.41, 5.74) is 2.30. The maximum absolute atomic E-state index is 10.8. The van der Waals surface area contributed by atoms with E-state index in [4.69, 9.17) is 5.11 Å². The summed E-state index contributed by atoms with van der Waals surface area (Å²) < 4.78 is 0. The molecule has 18 heavy (non-hydrogen) atoms. The van der Waals surface area contributed by atoms with Gasteiger partial charge in [-0.1, -0.05) is 0 Å². The molecular weight excluding hydrogens is 228 g/mol. The van der Waals surface area contributed by atoms with Gasteiger partial charge < -0.3 is 15.3 Å². The molecule has 0 aliphatic rings. The molecule has 1 atom stereocenters. The molecule has 0 fully saturated rings. The Bertz CT molecular complexity index is 416. The first kappa shape index (κ1) is 14.5. The van der Waals surface area contributed by atoms with Gasteiger partial charge in [0.05, 0.1) is 5.56 Å². The molecule has 0 radical (unpaired) electrons. The molecule has 0 aliphatic carbocycles. The average Bonchev–Trinajstić information content (AvgIpc) is 2.29. The summed E-state index contributed by atoms with van der Waals surface area (Å²) in [6, 6.07) is 5.53. The average molecular weight is 250 g/mol. The first-order valence-corrected chi connectivity index (χ1v) is 6.15. The van der Waals surface area contributed by atoms with E-state index in [0.29, 0.717) is 11.6 Å². The van der Waals surface area contributed by atoms with E-state index < -0.39 is 5.97 Å². The van der Waals surface area contributed by atoms with Crippen LogP contribution in [-0.4, -0.2) is 42.7 Å². The van der Waals surface area contributed by atoms with Crippen molar-refractivity contribution >= 4 is 11.7 Å². The molecule has 0 saturated carbocycles. The number of hydrogen-bond acceptors (Lipinski definition) is 3. The third-order valence-corrected chi connectivity index (χ3v) is 2.88. The Morgan fingerprint density at radius 3 is 2.61 bits per heavy atom. The Balaban J connectivity index is 2.64. The molecule has 0 heterocycles. The molecule has 1 aromatic carbocycles. The van der Waals surface area contributed by atoms with Crippen LogP contribution in [0.2, 0.25) is 0 Å². The minimum atomic E-state index is -0.884. The highest BCUT2D eigenvalue weighted by Gasteiger charge is 2.08. The Kier molecular flexibility index (Phi) is 5.16. The number of hydrogen-bond donors (Lipinski definition) is 2. The fourth-order valence-corrected chi connectivity index (χ4v) is 1.75. The second-order valence-electron chi connectivity index (χ2n) is 4.97. The van der Waals surface area contributed by atoms with Crippen molar-refractivity contribution in [1.82, 2.24) is 4.90 Å². The smallest absolute Gasteiger partial charge is 0.335 e. The van der Waals surface area contributed by atoms with Gasteiger partial charge in [0, 0.05) is 11.7 Å². The van der Waals surface area contributed by atoms with Crippen molar-refractivity contribution in [2.45, 2.75) is 26.3 Å². The molecule has 1 rings (SSSR count). The van der Waals surface area contributed by atoms with E-state index in [1.54, 1.807) is 12.1 Å². The minimum Gasteiger partial charge on any atom is -0.478 e. The third kappa shape index (κ3) is 4.37. The van der Waals surface area contributed by atoms with Gasteiger partial charge in [-0.2, -0.15) is 0 Å². The van der Waals surface area contributed by atoms with Crippen LogP contribution in [0.3, 0.4) is 0 Å². The Morgan fingerprint density at radius 1 is 1.44 bits per heavy atom. The van der Waals surface area contributed by atoms with Crippen LogP contribution in [-0.2, 0) is 0 Å². The van der Waals surface area contributed by atoms with Crippen LogP contribution in [0, 0.1) is 6.92 Å². The Hall–Kier alpha value is -1.55. The molecule has 0 spiro atoms. The summed E-state index contributed by atoms with van der Waals surface area (Å²) in [7, 11) is 4.11. The van der Waals surface area contributed by atoms with Gasteiger partial charge in [-0.05, 0) is 64.7 Å². The topological polar surface area (TPSA) is 52.6 Å². The number of rotatable bonds is 6. The number of nitrogens with zero attached hydrogens (tertiary/aromatic N) is 1. The van der Waals surface area contributed by atoms with E-state index in [0.717, 1.165) is 24.2 Å². The van der Waals surface area contributed by atoms with Crippen molar-refractivity contribution in [1.29, 1.82) is 0 Å². The van der Waals surface area contributed by atoms with Crippen molar-refractivity contribution in [3.8, 4) is 0 Å². The van der Waals surface area contributed by atoms with E-state index in [2.05, 4.69) is 31.2 Å². The monoisotopic (exact) mass is 250 g/mol. The first-order chi connectivity index (χ1) is 8.40. The summed E-state index contributed by atoms with van der Waals surface area (Å²) in [5.74, 6) is -0.884. The SMILES string of the molecule is Cc1cc(C(=O)O)ccc1NC(C)CCN(C)C. The second-order valence-corrected chi connectivity index (χ2v) is 4.97. The lowest BCUT2D eigenvalue weighted by Crippen LogP contribution is -2.23. The molecule has 4 nitrogen and oxygen atoms in total. The van der Waals surface area contributed by atoms with E-state index >= 15 is 0 Å². The summed E-state index contributed by atoms with van der Waals surface area (Å²) in [4.78, 5) is 13.0. The predicted octanol–water partition coefficient (Wildman–Crippen LogP) is 2.45. The van der Waals surface area contributed by atoms with Crippen molar-refractivity contribution in [3.05, 3.63) is 29.3 Å². The van der Waals surface area contributed by atoms with Crippen LogP contribution in [0.25, 0.3) is 0 Å². The van der Waals surface area contributed by atoms with Gasteiger partial charge in [0.1, 0.15) is 0 Å². The maximum Gasteiger partial charge on any atom is 0.335 e. The summed E-state index contributed by atoms with van der Waals surface area (Å²) >= 11 is 0. The van der Waals surface area contributed by atoms with Gasteiger partial charge in [-0.3, -0.25) is 0 Å². The Morgan fingerprint density at radius 2 is 2.11 bits per heavy atom. The zero-order valence-electron chi connectivity index (χ0n) is 11.5. The van der Waals surface area contributed by atoms with Gasteiger partial charge in [-0.15, -0.1) is 0 Å². The molecular formula is C14H22N2O2. The number of benzene rings is 1. The van der Waals surface area contributed by atoms with Crippen molar-refractivity contribution in [2.24, 2.45) is 0 Å². The van der Waals surface area contributed by atoms with Crippen LogP contribution < -0.4 is 5.32 Å². The largest absolute Gasteiger partial charge is 0.478 e. The second kappa shape index (κ2) is 6.40. The highest BCUT2D eigenvalue weighted by molar-refractivity contribution is 5.88. The van der Waals surface area contributed by atoms with E-state index in [1.165, 1.54) is 0 Å². The quantitative estimate of drug-likeness (QED) is 0.814. The van der Waals surface area contributed by atoms with Gasteiger partial charge >= 0.3 is 5.97 Å². The number of nitrogens with one attached hydrogen (secondary N) is 1. The lowest BCUT2D eigenvalue weighted by molar-refractivity contribution is 0.0697. The first-order valence-electron chi connectivity index (χ1n) is 6.15. The molecule has 0 aromatic heterocycles. The molecule has 4 heteroatoms. The molecule has 1 unspecified atom stereocenters. The highest BCUT2D eigenvalue weighted by atomic mass is 16.4. The zero-order valence-corrected chi connectivity index (χ0v) is 11.5. The molecule has 0 bridgehead atoms. The van der Waals surface area contributed by atoms with Crippen molar-refractivity contribution < 1.29 is 9.90 Å². The summed E-state index contributed by atoms with van der Waals surface area (Å²) in [6.45, 7) is 5.09.